The molecule has 0 amide bonds. The highest BCUT2D eigenvalue weighted by Crippen LogP contribution is 2.19. The number of carbonyl (C=O) groups excluding carboxylic acids is 1. The van der Waals surface area contributed by atoms with Crippen LogP contribution in [0.5, 0.6) is 0 Å². The number of hydrogen-bond acceptors (Lipinski definition) is 4. The number of imidazole rings is 1. The summed E-state index contributed by atoms with van der Waals surface area (Å²) < 4.78 is 6.72. The Kier molecular flexibility index (Phi) is 3.58. The Labute approximate surface area is 126 Å². The molecule has 3 aromatic rings. The Morgan fingerprint density at radius 1 is 1.29 bits per heavy atom. The van der Waals surface area contributed by atoms with E-state index in [2.05, 4.69) is 9.97 Å². The Hall–Kier alpha value is -2.40. The fourth-order valence-electron chi connectivity index (χ4n) is 1.99. The monoisotopic (exact) mass is 301 g/mol. The minimum absolute atomic E-state index is 0.290. The predicted molar refractivity (Wildman–Crippen MR) is 79.4 cm³/mol. The summed E-state index contributed by atoms with van der Waals surface area (Å²) >= 11 is 5.83. The standard InChI is InChI=1S/C15H12ClN3O2/c1-2-21-15(20)13-9-19-8-10(3-6-14(19)18-13)12-5-4-11(16)7-17-12/h3-9H,2H2,1H3. The molecule has 5 nitrogen and oxygen atoms in total. The lowest BCUT2D eigenvalue weighted by Crippen LogP contribution is -2.04. The highest BCUT2D eigenvalue weighted by molar-refractivity contribution is 6.30. The maximum absolute atomic E-state index is 11.7. The average molecular weight is 302 g/mol. The molecule has 0 saturated carbocycles. The van der Waals surface area contributed by atoms with E-state index < -0.39 is 5.97 Å². The second-order valence-electron chi connectivity index (χ2n) is 4.39. The molecule has 106 valence electrons. The minimum atomic E-state index is -0.424. The third kappa shape index (κ3) is 2.73. The van der Waals surface area contributed by atoms with Gasteiger partial charge in [0.05, 0.1) is 17.3 Å². The summed E-state index contributed by atoms with van der Waals surface area (Å²) in [6, 6.07) is 7.35. The lowest BCUT2D eigenvalue weighted by atomic mass is 10.2. The van der Waals surface area contributed by atoms with Crippen molar-refractivity contribution in [2.45, 2.75) is 6.92 Å². The summed E-state index contributed by atoms with van der Waals surface area (Å²) in [5.41, 5.74) is 2.67. The van der Waals surface area contributed by atoms with Crippen molar-refractivity contribution in [3.8, 4) is 11.3 Å². The van der Waals surface area contributed by atoms with Crippen molar-refractivity contribution in [1.82, 2.24) is 14.4 Å². The van der Waals surface area contributed by atoms with Gasteiger partial charge in [-0.3, -0.25) is 4.98 Å². The maximum atomic E-state index is 11.7. The van der Waals surface area contributed by atoms with Crippen molar-refractivity contribution in [2.24, 2.45) is 0 Å². The number of esters is 1. The zero-order valence-electron chi connectivity index (χ0n) is 11.3. The molecule has 21 heavy (non-hydrogen) atoms. The molecule has 6 heteroatoms. The molecule has 0 aliphatic heterocycles. The number of carbonyl (C=O) groups is 1. The second-order valence-corrected chi connectivity index (χ2v) is 4.83. The fourth-order valence-corrected chi connectivity index (χ4v) is 2.11. The van der Waals surface area contributed by atoms with Gasteiger partial charge in [0.1, 0.15) is 5.65 Å². The molecule has 0 aromatic carbocycles. The first kappa shape index (κ1) is 13.6. The predicted octanol–water partition coefficient (Wildman–Crippen LogP) is 3.23. The molecule has 0 aliphatic carbocycles. The summed E-state index contributed by atoms with van der Waals surface area (Å²) in [4.78, 5) is 20.2. The van der Waals surface area contributed by atoms with Gasteiger partial charge in [-0.1, -0.05) is 11.6 Å². The summed E-state index contributed by atoms with van der Waals surface area (Å²) in [7, 11) is 0. The van der Waals surface area contributed by atoms with E-state index in [1.165, 1.54) is 0 Å². The van der Waals surface area contributed by atoms with E-state index in [4.69, 9.17) is 16.3 Å². The van der Waals surface area contributed by atoms with E-state index in [1.807, 2.05) is 24.4 Å². The van der Waals surface area contributed by atoms with Crippen LogP contribution in [0.4, 0.5) is 0 Å². The van der Waals surface area contributed by atoms with Crippen molar-refractivity contribution >= 4 is 23.2 Å². The molecule has 0 unspecified atom stereocenters. The van der Waals surface area contributed by atoms with E-state index in [1.54, 1.807) is 29.8 Å². The van der Waals surface area contributed by atoms with Crippen LogP contribution in [0.25, 0.3) is 16.9 Å². The largest absolute Gasteiger partial charge is 0.461 e. The Morgan fingerprint density at radius 3 is 2.86 bits per heavy atom. The molecular formula is C15H12ClN3O2. The number of pyridine rings is 2. The van der Waals surface area contributed by atoms with Crippen molar-refractivity contribution < 1.29 is 9.53 Å². The molecule has 0 spiro atoms. The van der Waals surface area contributed by atoms with Gasteiger partial charge < -0.3 is 9.14 Å². The zero-order valence-corrected chi connectivity index (χ0v) is 12.0. The molecule has 3 rings (SSSR count). The van der Waals surface area contributed by atoms with Gasteiger partial charge in [0.2, 0.25) is 0 Å². The van der Waals surface area contributed by atoms with Gasteiger partial charge in [-0.2, -0.15) is 0 Å². The van der Waals surface area contributed by atoms with Crippen LogP contribution >= 0.6 is 11.6 Å². The van der Waals surface area contributed by atoms with Gasteiger partial charge in [0.25, 0.3) is 0 Å². The average Bonchev–Trinajstić information content (AvgIpc) is 2.91. The molecular weight excluding hydrogens is 290 g/mol. The second kappa shape index (κ2) is 5.54. The first-order chi connectivity index (χ1) is 10.2. The highest BCUT2D eigenvalue weighted by atomic mass is 35.5. The topological polar surface area (TPSA) is 56.5 Å². The Balaban J connectivity index is 2.00. The van der Waals surface area contributed by atoms with Crippen LogP contribution in [0.15, 0.2) is 42.9 Å². The fraction of sp³-hybridized carbons (Fsp3) is 0.133. The number of halogens is 1. The Bertz CT molecular complexity index is 796. The molecule has 3 heterocycles. The molecule has 0 radical (unpaired) electrons. The first-order valence-corrected chi connectivity index (χ1v) is 6.83. The minimum Gasteiger partial charge on any atom is -0.461 e. The normalized spacial score (nSPS) is 10.8. The van der Waals surface area contributed by atoms with Crippen LogP contribution in [0, 0.1) is 0 Å². The van der Waals surface area contributed by atoms with Gasteiger partial charge in [-0.25, -0.2) is 9.78 Å². The third-order valence-corrected chi connectivity index (χ3v) is 3.18. The van der Waals surface area contributed by atoms with Gasteiger partial charge in [0.15, 0.2) is 5.69 Å². The molecule has 3 aromatic heterocycles. The Morgan fingerprint density at radius 2 is 2.14 bits per heavy atom. The van der Waals surface area contributed by atoms with Gasteiger partial charge in [-0.05, 0) is 31.2 Å². The van der Waals surface area contributed by atoms with Crippen LogP contribution in [0.2, 0.25) is 5.02 Å². The summed E-state index contributed by atoms with van der Waals surface area (Å²) in [6.45, 7) is 2.09. The quantitative estimate of drug-likeness (QED) is 0.697. The van der Waals surface area contributed by atoms with E-state index in [9.17, 15) is 4.79 Å². The van der Waals surface area contributed by atoms with Crippen LogP contribution in [0.1, 0.15) is 17.4 Å². The zero-order chi connectivity index (χ0) is 14.8. The number of fused-ring (bicyclic) bond motifs is 1. The number of aromatic nitrogens is 3. The van der Waals surface area contributed by atoms with Gasteiger partial charge >= 0.3 is 5.97 Å². The highest BCUT2D eigenvalue weighted by Gasteiger charge is 2.12. The smallest absolute Gasteiger partial charge is 0.358 e. The van der Waals surface area contributed by atoms with Crippen molar-refractivity contribution in [3.63, 3.8) is 0 Å². The first-order valence-electron chi connectivity index (χ1n) is 6.45. The summed E-state index contributed by atoms with van der Waals surface area (Å²) in [6.07, 6.45) is 5.10. The van der Waals surface area contributed by atoms with E-state index >= 15 is 0 Å². The van der Waals surface area contributed by atoms with Crippen LogP contribution in [0.3, 0.4) is 0 Å². The van der Waals surface area contributed by atoms with Crippen molar-refractivity contribution in [1.29, 1.82) is 0 Å². The third-order valence-electron chi connectivity index (χ3n) is 2.96. The molecule has 0 bridgehead atoms. The van der Waals surface area contributed by atoms with Crippen LogP contribution in [-0.2, 0) is 4.74 Å². The van der Waals surface area contributed by atoms with Gasteiger partial charge in [-0.15, -0.1) is 0 Å². The lowest BCUT2D eigenvalue weighted by Gasteiger charge is -2.01. The van der Waals surface area contributed by atoms with Crippen LogP contribution < -0.4 is 0 Å². The van der Waals surface area contributed by atoms with E-state index in [0.717, 1.165) is 11.3 Å². The molecule has 0 N–H and O–H groups in total. The number of ether oxygens (including phenoxy) is 1. The molecule has 0 fully saturated rings. The summed E-state index contributed by atoms with van der Waals surface area (Å²) in [5, 5.41) is 0.590. The van der Waals surface area contributed by atoms with Gasteiger partial charge in [0, 0.05) is 24.2 Å². The number of nitrogens with zero attached hydrogens (tertiary/aromatic N) is 3. The number of rotatable bonds is 3. The maximum Gasteiger partial charge on any atom is 0.358 e. The van der Waals surface area contributed by atoms with E-state index in [0.29, 0.717) is 17.3 Å². The molecule has 0 atom stereocenters. The van der Waals surface area contributed by atoms with Crippen molar-refractivity contribution in [3.05, 3.63) is 53.6 Å². The van der Waals surface area contributed by atoms with Crippen LogP contribution in [-0.4, -0.2) is 26.9 Å². The lowest BCUT2D eigenvalue weighted by molar-refractivity contribution is 0.0520. The van der Waals surface area contributed by atoms with E-state index in [-0.39, 0.29) is 5.69 Å². The van der Waals surface area contributed by atoms with Crippen molar-refractivity contribution in [2.75, 3.05) is 6.61 Å². The summed E-state index contributed by atoms with van der Waals surface area (Å²) in [5.74, 6) is -0.424. The SMILES string of the molecule is CCOC(=O)c1cn2cc(-c3ccc(Cl)cn3)ccc2n1. The molecule has 0 saturated heterocycles. The number of hydrogen-bond donors (Lipinski definition) is 0. The molecule has 0 aliphatic rings.